The Balaban J connectivity index is 2.19. The summed E-state index contributed by atoms with van der Waals surface area (Å²) in [7, 11) is -4.06. The third-order valence-corrected chi connectivity index (χ3v) is 7.77. The van der Waals surface area contributed by atoms with Gasteiger partial charge in [-0.3, -0.25) is 9.59 Å². The molecule has 1 saturated carbocycles. The topological polar surface area (TPSA) is 86.7 Å². The monoisotopic (exact) mass is 450 g/mol. The van der Waals surface area contributed by atoms with E-state index in [0.717, 1.165) is 5.56 Å². The van der Waals surface area contributed by atoms with Crippen molar-refractivity contribution in [2.75, 3.05) is 13.2 Å². The SMILES string of the molecule is CCOC(=O)C1(C(=O)OCC)[C@H](c2ccc(Cl)cc2)[C@H]1S(=O)(=O)c1ccc(C)cc1. The zero-order valence-electron chi connectivity index (χ0n) is 16.9. The van der Waals surface area contributed by atoms with Gasteiger partial charge in [0.05, 0.1) is 18.1 Å². The molecule has 0 bridgehead atoms. The summed E-state index contributed by atoms with van der Waals surface area (Å²) < 4.78 is 37.4. The van der Waals surface area contributed by atoms with Crippen LogP contribution in [-0.4, -0.2) is 38.8 Å². The fraction of sp³-hybridized carbons (Fsp3) is 0.364. The summed E-state index contributed by atoms with van der Waals surface area (Å²) in [6.07, 6.45) is 0. The molecule has 2 aromatic carbocycles. The quantitative estimate of drug-likeness (QED) is 0.472. The van der Waals surface area contributed by atoms with Crippen LogP contribution in [0.25, 0.3) is 0 Å². The van der Waals surface area contributed by atoms with E-state index in [0.29, 0.717) is 10.6 Å². The number of rotatable bonds is 7. The second-order valence-corrected chi connectivity index (χ2v) is 9.62. The van der Waals surface area contributed by atoms with Crippen LogP contribution in [0.3, 0.4) is 0 Å². The molecule has 1 aliphatic carbocycles. The van der Waals surface area contributed by atoms with Crippen LogP contribution in [0.5, 0.6) is 0 Å². The molecule has 0 amide bonds. The van der Waals surface area contributed by atoms with Crippen molar-refractivity contribution in [3.63, 3.8) is 0 Å². The van der Waals surface area contributed by atoms with Crippen LogP contribution in [0, 0.1) is 12.3 Å². The first-order chi connectivity index (χ1) is 14.2. The summed E-state index contributed by atoms with van der Waals surface area (Å²) in [5.74, 6) is -2.74. The van der Waals surface area contributed by atoms with E-state index in [4.69, 9.17) is 21.1 Å². The van der Waals surface area contributed by atoms with E-state index < -0.39 is 38.4 Å². The Kier molecular flexibility index (Phi) is 6.24. The van der Waals surface area contributed by atoms with Gasteiger partial charge in [-0.2, -0.15) is 0 Å². The molecule has 1 aliphatic rings. The smallest absolute Gasteiger partial charge is 0.325 e. The number of esters is 2. The van der Waals surface area contributed by atoms with Crippen molar-refractivity contribution in [1.82, 2.24) is 0 Å². The molecule has 3 rings (SSSR count). The minimum absolute atomic E-state index is 0.00459. The largest absolute Gasteiger partial charge is 0.465 e. The van der Waals surface area contributed by atoms with E-state index in [1.165, 1.54) is 12.1 Å². The van der Waals surface area contributed by atoms with E-state index in [1.54, 1.807) is 50.2 Å². The second-order valence-electron chi connectivity index (χ2n) is 7.12. The molecule has 2 aromatic rings. The van der Waals surface area contributed by atoms with Crippen molar-refractivity contribution < 1.29 is 27.5 Å². The maximum Gasteiger partial charge on any atom is 0.325 e. The highest BCUT2D eigenvalue weighted by Gasteiger charge is 2.81. The number of ether oxygens (including phenoxy) is 2. The molecule has 0 N–H and O–H groups in total. The van der Waals surface area contributed by atoms with Crippen LogP contribution in [-0.2, 0) is 28.9 Å². The van der Waals surface area contributed by atoms with Crippen LogP contribution in [0.1, 0.15) is 30.9 Å². The van der Waals surface area contributed by atoms with Gasteiger partial charge in [0.25, 0.3) is 0 Å². The number of carbonyl (C=O) groups excluding carboxylic acids is 2. The lowest BCUT2D eigenvalue weighted by Crippen LogP contribution is -2.35. The van der Waals surface area contributed by atoms with Gasteiger partial charge in [-0.25, -0.2) is 8.42 Å². The van der Waals surface area contributed by atoms with Crippen molar-refractivity contribution in [3.05, 3.63) is 64.7 Å². The molecule has 0 aliphatic heterocycles. The third-order valence-electron chi connectivity index (χ3n) is 5.27. The number of carbonyl (C=O) groups is 2. The Hall–Kier alpha value is -2.38. The molecule has 2 atom stereocenters. The molecule has 160 valence electrons. The maximum absolute atomic E-state index is 13.5. The van der Waals surface area contributed by atoms with Gasteiger partial charge in [-0.05, 0) is 50.6 Å². The van der Waals surface area contributed by atoms with E-state index in [9.17, 15) is 18.0 Å². The highest BCUT2D eigenvalue weighted by Crippen LogP contribution is 2.65. The maximum atomic E-state index is 13.5. The summed E-state index contributed by atoms with van der Waals surface area (Å²) in [6, 6.07) is 12.7. The highest BCUT2D eigenvalue weighted by atomic mass is 35.5. The molecule has 0 saturated heterocycles. The van der Waals surface area contributed by atoms with Gasteiger partial charge in [0, 0.05) is 10.9 Å². The molecule has 6 nitrogen and oxygen atoms in total. The summed E-state index contributed by atoms with van der Waals surface area (Å²) in [5.41, 5.74) is -0.578. The number of halogens is 1. The van der Waals surface area contributed by atoms with Crippen molar-refractivity contribution in [2.45, 2.75) is 36.8 Å². The second kappa shape index (κ2) is 8.40. The Morgan fingerprint density at radius 1 is 0.933 bits per heavy atom. The summed E-state index contributed by atoms with van der Waals surface area (Å²) in [6.45, 7) is 5.04. The standard InChI is InChI=1S/C22H23ClO6S/c1-4-28-20(24)22(21(25)29-5-2)18(15-8-10-16(23)11-9-15)19(22)30(26,27)17-12-6-14(3)7-13-17/h6-13,18-19H,4-5H2,1-3H3/t18-,19-/m1/s1. The fourth-order valence-electron chi connectivity index (χ4n) is 3.83. The molecular formula is C22H23ClO6S. The summed E-state index contributed by atoms with van der Waals surface area (Å²) in [5, 5.41) is -0.887. The van der Waals surface area contributed by atoms with Crippen molar-refractivity contribution in [2.24, 2.45) is 5.41 Å². The zero-order chi connectivity index (χ0) is 22.1. The Bertz CT molecular complexity index is 1030. The van der Waals surface area contributed by atoms with Crippen LogP contribution in [0.4, 0.5) is 0 Å². The van der Waals surface area contributed by atoms with Crippen LogP contribution < -0.4 is 0 Å². The van der Waals surface area contributed by atoms with Gasteiger partial charge in [0.15, 0.2) is 15.3 Å². The first-order valence-corrected chi connectivity index (χ1v) is 11.5. The first kappa shape index (κ1) is 22.3. The predicted octanol–water partition coefficient (Wildman–Crippen LogP) is 3.70. The third kappa shape index (κ3) is 3.61. The average molecular weight is 451 g/mol. The van der Waals surface area contributed by atoms with E-state index in [-0.39, 0.29) is 18.1 Å². The molecule has 0 heterocycles. The Morgan fingerprint density at radius 2 is 1.43 bits per heavy atom. The average Bonchev–Trinajstić information content (AvgIpc) is 3.42. The van der Waals surface area contributed by atoms with Gasteiger partial charge in [0.1, 0.15) is 5.25 Å². The highest BCUT2D eigenvalue weighted by molar-refractivity contribution is 7.92. The zero-order valence-corrected chi connectivity index (χ0v) is 18.5. The number of hydrogen-bond acceptors (Lipinski definition) is 6. The van der Waals surface area contributed by atoms with Crippen molar-refractivity contribution in [1.29, 1.82) is 0 Å². The van der Waals surface area contributed by atoms with Gasteiger partial charge < -0.3 is 9.47 Å². The molecule has 0 spiro atoms. The van der Waals surface area contributed by atoms with Gasteiger partial charge in [-0.1, -0.05) is 41.4 Å². The van der Waals surface area contributed by atoms with E-state index in [2.05, 4.69) is 0 Å². The van der Waals surface area contributed by atoms with Crippen LogP contribution >= 0.6 is 11.6 Å². The van der Waals surface area contributed by atoms with Crippen molar-refractivity contribution in [3.8, 4) is 0 Å². The number of benzene rings is 2. The number of aryl methyl sites for hydroxylation is 1. The van der Waals surface area contributed by atoms with E-state index in [1.807, 2.05) is 6.92 Å². The van der Waals surface area contributed by atoms with Crippen molar-refractivity contribution >= 4 is 33.4 Å². The van der Waals surface area contributed by atoms with Crippen LogP contribution in [0.15, 0.2) is 53.4 Å². The lowest BCUT2D eigenvalue weighted by atomic mass is 9.99. The van der Waals surface area contributed by atoms with E-state index >= 15 is 0 Å². The Labute approximate surface area is 181 Å². The number of sulfone groups is 1. The summed E-state index contributed by atoms with van der Waals surface area (Å²) >= 11 is 5.97. The minimum Gasteiger partial charge on any atom is -0.465 e. The Morgan fingerprint density at radius 3 is 1.90 bits per heavy atom. The minimum atomic E-state index is -4.06. The molecule has 30 heavy (non-hydrogen) atoms. The first-order valence-electron chi connectivity index (χ1n) is 9.61. The number of hydrogen-bond donors (Lipinski definition) is 0. The molecule has 0 aromatic heterocycles. The normalized spacial score (nSPS) is 19.7. The lowest BCUT2D eigenvalue weighted by molar-refractivity contribution is -0.164. The predicted molar refractivity (Wildman–Crippen MR) is 112 cm³/mol. The lowest BCUT2D eigenvalue weighted by Gasteiger charge is -2.15. The van der Waals surface area contributed by atoms with Gasteiger partial charge in [0.2, 0.25) is 0 Å². The van der Waals surface area contributed by atoms with Gasteiger partial charge in [-0.15, -0.1) is 0 Å². The summed E-state index contributed by atoms with van der Waals surface area (Å²) in [4.78, 5) is 26.1. The molecule has 0 unspecified atom stereocenters. The molecule has 8 heteroatoms. The molecule has 0 radical (unpaired) electrons. The fourth-order valence-corrected chi connectivity index (χ4v) is 6.25. The van der Waals surface area contributed by atoms with Crippen LogP contribution in [0.2, 0.25) is 5.02 Å². The van der Waals surface area contributed by atoms with Gasteiger partial charge >= 0.3 is 11.9 Å². The molecular weight excluding hydrogens is 428 g/mol. The molecule has 1 fully saturated rings.